The molecule has 0 heterocycles. The molecule has 0 radical (unpaired) electrons. The molecule has 0 fully saturated rings. The maximum Gasteiger partial charge on any atom is 0.161 e. The highest BCUT2D eigenvalue weighted by Crippen LogP contribution is 2.28. The van der Waals surface area contributed by atoms with E-state index in [1.165, 1.54) is 18.2 Å². The van der Waals surface area contributed by atoms with Crippen LogP contribution >= 0.6 is 0 Å². The molecule has 0 spiro atoms. The van der Waals surface area contributed by atoms with Gasteiger partial charge in [-0.3, -0.25) is 0 Å². The molecule has 0 saturated heterocycles. The summed E-state index contributed by atoms with van der Waals surface area (Å²) in [5, 5.41) is 8.75. The van der Waals surface area contributed by atoms with Crippen LogP contribution in [-0.2, 0) is 12.8 Å². The number of allylic oxidation sites excluding steroid dienone is 1. The summed E-state index contributed by atoms with van der Waals surface area (Å²) in [5.41, 5.74) is 2.93. The normalized spacial score (nSPS) is 11.8. The van der Waals surface area contributed by atoms with Crippen LogP contribution < -0.4 is 0 Å². The summed E-state index contributed by atoms with van der Waals surface area (Å²) in [6.07, 6.45) is 2.53. The molecule has 0 saturated carbocycles. The van der Waals surface area contributed by atoms with Gasteiger partial charge >= 0.3 is 0 Å². The van der Waals surface area contributed by atoms with E-state index in [1.807, 2.05) is 31.2 Å². The summed E-state index contributed by atoms with van der Waals surface area (Å²) in [4.78, 5) is 0. The van der Waals surface area contributed by atoms with Crippen molar-refractivity contribution in [2.75, 3.05) is 0 Å². The minimum absolute atomic E-state index is 0.104. The van der Waals surface area contributed by atoms with E-state index in [4.69, 9.17) is 5.26 Å². The second-order valence-electron chi connectivity index (χ2n) is 7.64. The summed E-state index contributed by atoms with van der Waals surface area (Å²) in [6, 6.07) is 18.2. The fourth-order valence-electron chi connectivity index (χ4n) is 3.44. The van der Waals surface area contributed by atoms with Crippen molar-refractivity contribution in [3.63, 3.8) is 0 Å². The van der Waals surface area contributed by atoms with E-state index >= 15 is 0 Å². The average Bonchev–Trinajstić information content (AvgIpc) is 2.81. The number of hydrogen-bond acceptors (Lipinski definition) is 1. The van der Waals surface area contributed by atoms with E-state index in [9.17, 15) is 17.6 Å². The first kappa shape index (κ1) is 23.3. The Morgan fingerprint density at radius 1 is 0.812 bits per heavy atom. The fourth-order valence-corrected chi connectivity index (χ4v) is 3.44. The average molecular weight is 437 g/mol. The number of nitriles is 1. The molecular weight excluding hydrogens is 414 g/mol. The number of unbranched alkanes of at least 4 members (excludes halogenated alkanes) is 1. The third kappa shape index (κ3) is 5.64. The lowest BCUT2D eigenvalue weighted by molar-refractivity contribution is 0.548. The highest BCUT2D eigenvalue weighted by Gasteiger charge is 2.11. The standard InChI is InChI=1S/C27H23F4N/c1-2-3-4-24(28)27(31)22-13-11-21(12-14-22)20-9-7-18(8-10-20)5-6-19-15-25(29)23(17-32)26(30)16-19/h7-16H,2-6H2,1H3. The lowest BCUT2D eigenvalue weighted by atomic mass is 9.99. The van der Waals surface area contributed by atoms with Crippen molar-refractivity contribution in [2.24, 2.45) is 0 Å². The van der Waals surface area contributed by atoms with E-state index in [0.29, 0.717) is 24.8 Å². The van der Waals surface area contributed by atoms with Crippen molar-refractivity contribution < 1.29 is 17.6 Å². The molecule has 0 unspecified atom stereocenters. The lowest BCUT2D eigenvalue weighted by Crippen LogP contribution is -1.97. The van der Waals surface area contributed by atoms with Gasteiger partial charge in [-0.1, -0.05) is 61.9 Å². The van der Waals surface area contributed by atoms with Gasteiger partial charge in [-0.15, -0.1) is 0 Å². The minimum Gasteiger partial charge on any atom is -0.209 e. The van der Waals surface area contributed by atoms with Gasteiger partial charge in [-0.05, 0) is 53.6 Å². The molecule has 0 amide bonds. The number of aryl methyl sites for hydroxylation is 2. The molecule has 1 nitrogen and oxygen atoms in total. The third-order valence-electron chi connectivity index (χ3n) is 5.33. The predicted molar refractivity (Wildman–Crippen MR) is 119 cm³/mol. The highest BCUT2D eigenvalue weighted by atomic mass is 19.2. The van der Waals surface area contributed by atoms with Gasteiger partial charge in [0.05, 0.1) is 0 Å². The Morgan fingerprint density at radius 3 is 1.88 bits per heavy atom. The number of nitrogens with zero attached hydrogens (tertiary/aromatic N) is 1. The van der Waals surface area contributed by atoms with E-state index in [-0.39, 0.29) is 12.0 Å². The van der Waals surface area contributed by atoms with Crippen LogP contribution in [0.2, 0.25) is 0 Å². The maximum absolute atomic E-state index is 14.2. The number of halogens is 4. The van der Waals surface area contributed by atoms with E-state index in [0.717, 1.165) is 23.1 Å². The van der Waals surface area contributed by atoms with Gasteiger partial charge in [0.1, 0.15) is 29.1 Å². The van der Waals surface area contributed by atoms with Gasteiger partial charge in [-0.25, -0.2) is 17.6 Å². The van der Waals surface area contributed by atoms with Gasteiger partial charge < -0.3 is 0 Å². The molecule has 0 bridgehead atoms. The van der Waals surface area contributed by atoms with Crippen molar-refractivity contribution in [1.82, 2.24) is 0 Å². The van der Waals surface area contributed by atoms with Crippen LogP contribution in [0.25, 0.3) is 17.0 Å². The van der Waals surface area contributed by atoms with E-state index in [1.54, 1.807) is 24.3 Å². The molecule has 5 heteroatoms. The number of hydrogen-bond donors (Lipinski definition) is 0. The Kier molecular flexibility index (Phi) is 7.83. The Balaban J connectivity index is 1.66. The van der Waals surface area contributed by atoms with Gasteiger partial charge in [0.25, 0.3) is 0 Å². The van der Waals surface area contributed by atoms with Gasteiger partial charge in [0.2, 0.25) is 0 Å². The first-order chi connectivity index (χ1) is 15.4. The van der Waals surface area contributed by atoms with Crippen LogP contribution in [0, 0.1) is 23.0 Å². The highest BCUT2D eigenvalue weighted by molar-refractivity contribution is 5.68. The Bertz CT molecular complexity index is 1120. The van der Waals surface area contributed by atoms with Crippen molar-refractivity contribution >= 4 is 5.83 Å². The molecule has 3 aromatic rings. The SMILES string of the molecule is CCCCC(F)=C(F)c1ccc(-c2ccc(CCc3cc(F)c(C#N)c(F)c3)cc2)cc1. The Labute approximate surface area is 185 Å². The minimum atomic E-state index is -0.849. The Morgan fingerprint density at radius 2 is 1.34 bits per heavy atom. The van der Waals surface area contributed by atoms with Crippen molar-refractivity contribution in [3.05, 3.63) is 100 Å². The van der Waals surface area contributed by atoms with Crippen molar-refractivity contribution in [3.8, 4) is 17.2 Å². The van der Waals surface area contributed by atoms with Gasteiger partial charge in [0, 0.05) is 12.0 Å². The van der Waals surface area contributed by atoms with Gasteiger partial charge in [0.15, 0.2) is 5.83 Å². The zero-order valence-corrected chi connectivity index (χ0v) is 17.8. The van der Waals surface area contributed by atoms with Crippen LogP contribution in [0.1, 0.15) is 48.4 Å². The van der Waals surface area contributed by atoms with Crippen LogP contribution in [0.5, 0.6) is 0 Å². The smallest absolute Gasteiger partial charge is 0.161 e. The first-order valence-electron chi connectivity index (χ1n) is 10.5. The first-order valence-corrected chi connectivity index (χ1v) is 10.5. The molecule has 0 aromatic heterocycles. The summed E-state index contributed by atoms with van der Waals surface area (Å²) in [6.45, 7) is 1.93. The summed E-state index contributed by atoms with van der Waals surface area (Å²) >= 11 is 0. The van der Waals surface area contributed by atoms with Gasteiger partial charge in [-0.2, -0.15) is 5.26 Å². The predicted octanol–water partition coefficient (Wildman–Crippen LogP) is 8.09. The molecule has 0 aliphatic heterocycles. The zero-order chi connectivity index (χ0) is 23.1. The molecule has 3 aromatic carbocycles. The van der Waals surface area contributed by atoms with E-state index in [2.05, 4.69) is 0 Å². The molecule has 32 heavy (non-hydrogen) atoms. The monoisotopic (exact) mass is 437 g/mol. The van der Waals surface area contributed by atoms with Crippen molar-refractivity contribution in [2.45, 2.75) is 39.0 Å². The Hall–Kier alpha value is -3.39. The van der Waals surface area contributed by atoms with Crippen LogP contribution in [0.4, 0.5) is 17.6 Å². The van der Waals surface area contributed by atoms with Crippen LogP contribution in [0.15, 0.2) is 66.5 Å². The second kappa shape index (κ2) is 10.8. The van der Waals surface area contributed by atoms with Crippen LogP contribution in [0.3, 0.4) is 0 Å². The molecule has 3 rings (SSSR count). The molecule has 0 N–H and O–H groups in total. The largest absolute Gasteiger partial charge is 0.209 e. The molecule has 0 aliphatic carbocycles. The molecular formula is C27H23F4N. The fraction of sp³-hybridized carbons (Fsp3) is 0.222. The molecule has 0 aliphatic rings. The second-order valence-corrected chi connectivity index (χ2v) is 7.64. The van der Waals surface area contributed by atoms with Crippen LogP contribution in [-0.4, -0.2) is 0 Å². The summed E-state index contributed by atoms with van der Waals surface area (Å²) in [5.74, 6) is -3.22. The van der Waals surface area contributed by atoms with Crippen molar-refractivity contribution in [1.29, 1.82) is 5.26 Å². The topological polar surface area (TPSA) is 23.8 Å². The zero-order valence-electron chi connectivity index (χ0n) is 17.8. The maximum atomic E-state index is 14.2. The molecule has 164 valence electrons. The number of benzene rings is 3. The van der Waals surface area contributed by atoms with E-state index < -0.39 is 28.9 Å². The number of rotatable bonds is 8. The third-order valence-corrected chi connectivity index (χ3v) is 5.33. The summed E-state index contributed by atoms with van der Waals surface area (Å²) < 4.78 is 55.6. The summed E-state index contributed by atoms with van der Waals surface area (Å²) in [7, 11) is 0. The lowest BCUT2D eigenvalue weighted by Gasteiger charge is -2.07. The molecule has 0 atom stereocenters. The quantitative estimate of drug-likeness (QED) is 0.327.